The van der Waals surface area contributed by atoms with Crippen LogP contribution in [0.15, 0.2) is 24.3 Å². The molecule has 0 aliphatic heterocycles. The van der Waals surface area contributed by atoms with Gasteiger partial charge in [0.05, 0.1) is 5.52 Å². The number of hydrogen-bond acceptors (Lipinski definition) is 1. The van der Waals surface area contributed by atoms with Crippen molar-refractivity contribution in [2.24, 2.45) is 0 Å². The SMILES string of the molecule is CCC(C)c1ccc2nc(C)cc(C)c2c1. The van der Waals surface area contributed by atoms with E-state index < -0.39 is 0 Å². The average molecular weight is 213 g/mol. The van der Waals surface area contributed by atoms with Gasteiger partial charge < -0.3 is 0 Å². The smallest absolute Gasteiger partial charge is 0.0708 e. The van der Waals surface area contributed by atoms with Crippen molar-refractivity contribution in [1.29, 1.82) is 0 Å². The third-order valence-electron chi connectivity index (χ3n) is 3.35. The van der Waals surface area contributed by atoms with E-state index in [1.807, 2.05) is 0 Å². The number of rotatable bonds is 2. The van der Waals surface area contributed by atoms with Crippen LogP contribution >= 0.6 is 0 Å². The molecule has 0 N–H and O–H groups in total. The summed E-state index contributed by atoms with van der Waals surface area (Å²) in [5.41, 5.74) is 4.96. The zero-order valence-electron chi connectivity index (χ0n) is 10.5. The Bertz CT molecular complexity index is 514. The molecule has 0 bridgehead atoms. The Labute approximate surface area is 97.5 Å². The number of aryl methyl sites for hydroxylation is 2. The van der Waals surface area contributed by atoms with Gasteiger partial charge in [0, 0.05) is 11.1 Å². The predicted octanol–water partition coefficient (Wildman–Crippen LogP) is 4.37. The third kappa shape index (κ3) is 1.95. The molecule has 0 fully saturated rings. The minimum Gasteiger partial charge on any atom is -0.253 e. The van der Waals surface area contributed by atoms with Crippen molar-refractivity contribution in [1.82, 2.24) is 4.98 Å². The average Bonchev–Trinajstić information content (AvgIpc) is 2.27. The van der Waals surface area contributed by atoms with Crippen molar-refractivity contribution in [3.05, 3.63) is 41.1 Å². The van der Waals surface area contributed by atoms with Crippen LogP contribution in [0.2, 0.25) is 0 Å². The first-order valence-electron chi connectivity index (χ1n) is 5.99. The lowest BCUT2D eigenvalue weighted by atomic mass is 9.96. The fraction of sp³-hybridized carbons (Fsp3) is 0.400. The first-order chi connectivity index (χ1) is 7.61. The van der Waals surface area contributed by atoms with Crippen LogP contribution in [0.3, 0.4) is 0 Å². The van der Waals surface area contributed by atoms with E-state index >= 15 is 0 Å². The first kappa shape index (κ1) is 11.1. The van der Waals surface area contributed by atoms with Gasteiger partial charge in [-0.05, 0) is 55.5 Å². The summed E-state index contributed by atoms with van der Waals surface area (Å²) in [5, 5.41) is 1.29. The van der Waals surface area contributed by atoms with Crippen molar-refractivity contribution in [2.45, 2.75) is 40.0 Å². The monoisotopic (exact) mass is 213 g/mol. The Kier molecular flexibility index (Phi) is 2.95. The van der Waals surface area contributed by atoms with Gasteiger partial charge in [0.2, 0.25) is 0 Å². The molecule has 84 valence electrons. The molecule has 0 radical (unpaired) electrons. The molecule has 0 spiro atoms. The van der Waals surface area contributed by atoms with Crippen LogP contribution in [-0.4, -0.2) is 4.98 Å². The van der Waals surface area contributed by atoms with Crippen molar-refractivity contribution >= 4 is 10.9 Å². The Morgan fingerprint density at radius 1 is 1.19 bits per heavy atom. The van der Waals surface area contributed by atoms with Gasteiger partial charge in [-0.1, -0.05) is 19.9 Å². The zero-order valence-corrected chi connectivity index (χ0v) is 10.5. The Morgan fingerprint density at radius 2 is 1.94 bits per heavy atom. The van der Waals surface area contributed by atoms with Gasteiger partial charge in [-0.2, -0.15) is 0 Å². The molecule has 1 heteroatoms. The van der Waals surface area contributed by atoms with E-state index in [4.69, 9.17) is 0 Å². The number of fused-ring (bicyclic) bond motifs is 1. The molecule has 0 aliphatic rings. The molecule has 1 unspecified atom stereocenters. The molecular formula is C15H19N. The quantitative estimate of drug-likeness (QED) is 0.722. The van der Waals surface area contributed by atoms with Crippen LogP contribution in [0.4, 0.5) is 0 Å². The molecule has 0 saturated heterocycles. The second kappa shape index (κ2) is 4.25. The maximum absolute atomic E-state index is 4.56. The number of aromatic nitrogens is 1. The van der Waals surface area contributed by atoms with Crippen LogP contribution in [0, 0.1) is 13.8 Å². The van der Waals surface area contributed by atoms with Crippen molar-refractivity contribution in [3.63, 3.8) is 0 Å². The highest BCUT2D eigenvalue weighted by atomic mass is 14.7. The second-order valence-corrected chi connectivity index (χ2v) is 4.67. The van der Waals surface area contributed by atoms with Crippen LogP contribution in [0.25, 0.3) is 10.9 Å². The van der Waals surface area contributed by atoms with Crippen LogP contribution in [0.1, 0.15) is 43.0 Å². The van der Waals surface area contributed by atoms with E-state index in [2.05, 4.69) is 56.9 Å². The number of benzene rings is 1. The minimum atomic E-state index is 0.630. The summed E-state index contributed by atoms with van der Waals surface area (Å²) < 4.78 is 0. The van der Waals surface area contributed by atoms with Gasteiger partial charge in [0.15, 0.2) is 0 Å². The van der Waals surface area contributed by atoms with Crippen LogP contribution in [0.5, 0.6) is 0 Å². The number of nitrogens with zero attached hydrogens (tertiary/aromatic N) is 1. The number of pyridine rings is 1. The van der Waals surface area contributed by atoms with Gasteiger partial charge in [-0.3, -0.25) is 4.98 Å². The van der Waals surface area contributed by atoms with Crippen LogP contribution in [-0.2, 0) is 0 Å². The molecule has 0 amide bonds. The molecule has 0 aliphatic carbocycles. The lowest BCUT2D eigenvalue weighted by molar-refractivity contribution is 0.734. The van der Waals surface area contributed by atoms with E-state index in [9.17, 15) is 0 Å². The fourth-order valence-electron chi connectivity index (χ4n) is 2.12. The summed E-state index contributed by atoms with van der Waals surface area (Å²) in [6.07, 6.45) is 1.18. The molecule has 2 rings (SSSR count). The van der Waals surface area contributed by atoms with Gasteiger partial charge in [-0.15, -0.1) is 0 Å². The predicted molar refractivity (Wildman–Crippen MR) is 69.9 cm³/mol. The lowest BCUT2D eigenvalue weighted by Gasteiger charge is -2.11. The topological polar surface area (TPSA) is 12.9 Å². The Morgan fingerprint density at radius 3 is 2.62 bits per heavy atom. The highest BCUT2D eigenvalue weighted by Gasteiger charge is 2.06. The maximum atomic E-state index is 4.56. The molecule has 1 atom stereocenters. The summed E-state index contributed by atoms with van der Waals surface area (Å²) in [4.78, 5) is 4.56. The summed E-state index contributed by atoms with van der Waals surface area (Å²) in [5.74, 6) is 0.630. The van der Waals surface area contributed by atoms with Crippen molar-refractivity contribution < 1.29 is 0 Å². The van der Waals surface area contributed by atoms with Crippen molar-refractivity contribution in [2.75, 3.05) is 0 Å². The lowest BCUT2D eigenvalue weighted by Crippen LogP contribution is -1.93. The van der Waals surface area contributed by atoms with Gasteiger partial charge in [-0.25, -0.2) is 0 Å². The third-order valence-corrected chi connectivity index (χ3v) is 3.35. The van der Waals surface area contributed by atoms with Gasteiger partial charge >= 0.3 is 0 Å². The largest absolute Gasteiger partial charge is 0.253 e. The maximum Gasteiger partial charge on any atom is 0.0708 e. The molecule has 1 aromatic heterocycles. The van der Waals surface area contributed by atoms with E-state index in [-0.39, 0.29) is 0 Å². The Balaban J connectivity index is 2.62. The molecule has 16 heavy (non-hydrogen) atoms. The summed E-state index contributed by atoms with van der Waals surface area (Å²) in [6.45, 7) is 8.72. The van der Waals surface area contributed by atoms with Gasteiger partial charge in [0.1, 0.15) is 0 Å². The molecule has 1 heterocycles. The zero-order chi connectivity index (χ0) is 11.7. The molecule has 2 aromatic rings. The standard InChI is InChI=1S/C15H19N/c1-5-10(2)13-6-7-15-14(9-13)11(3)8-12(4)16-15/h6-10H,5H2,1-4H3. The highest BCUT2D eigenvalue weighted by Crippen LogP contribution is 2.25. The second-order valence-electron chi connectivity index (χ2n) is 4.67. The van der Waals surface area contributed by atoms with Gasteiger partial charge in [0.25, 0.3) is 0 Å². The molecule has 1 aromatic carbocycles. The Hall–Kier alpha value is -1.37. The highest BCUT2D eigenvalue weighted by molar-refractivity contribution is 5.83. The molecule has 1 nitrogen and oxygen atoms in total. The minimum absolute atomic E-state index is 0.630. The summed E-state index contributed by atoms with van der Waals surface area (Å²) >= 11 is 0. The van der Waals surface area contributed by atoms with E-state index in [0.717, 1.165) is 11.2 Å². The first-order valence-corrected chi connectivity index (χ1v) is 5.99. The van der Waals surface area contributed by atoms with E-state index in [1.54, 1.807) is 0 Å². The molecular weight excluding hydrogens is 194 g/mol. The van der Waals surface area contributed by atoms with Crippen LogP contribution < -0.4 is 0 Å². The molecule has 0 saturated carbocycles. The summed E-state index contributed by atoms with van der Waals surface area (Å²) in [6, 6.07) is 8.81. The number of hydrogen-bond donors (Lipinski definition) is 0. The van der Waals surface area contributed by atoms with E-state index in [1.165, 1.54) is 22.9 Å². The van der Waals surface area contributed by atoms with E-state index in [0.29, 0.717) is 5.92 Å². The fourth-order valence-corrected chi connectivity index (χ4v) is 2.12. The van der Waals surface area contributed by atoms with Crippen molar-refractivity contribution in [3.8, 4) is 0 Å². The summed E-state index contributed by atoms with van der Waals surface area (Å²) in [7, 11) is 0. The normalized spacial score (nSPS) is 13.0.